The van der Waals surface area contributed by atoms with E-state index >= 15 is 0 Å². The van der Waals surface area contributed by atoms with Crippen LogP contribution in [0, 0.1) is 0 Å². The van der Waals surface area contributed by atoms with Crippen LogP contribution in [0.5, 0.6) is 11.5 Å². The van der Waals surface area contributed by atoms with E-state index in [4.69, 9.17) is 14.2 Å². The Labute approximate surface area is 214 Å². The number of aliphatic hydroxyl groups excluding tert-OH is 2. The number of hydrogen-bond donors (Lipinski definition) is 4. The first-order chi connectivity index (χ1) is 17.8. The normalized spacial score (nSPS) is 13.7. The van der Waals surface area contributed by atoms with E-state index in [1.165, 1.54) is 26.4 Å². The lowest BCUT2D eigenvalue weighted by Gasteiger charge is -2.23. The number of aromatic carboxylic acids is 1. The molecule has 0 aromatic heterocycles. The third-order valence-electron chi connectivity index (χ3n) is 6.50. The maximum Gasteiger partial charge on any atom is 0.407 e. The van der Waals surface area contributed by atoms with Gasteiger partial charge in [0.05, 0.1) is 31.5 Å². The van der Waals surface area contributed by atoms with Gasteiger partial charge in [-0.25, -0.2) is 9.59 Å². The van der Waals surface area contributed by atoms with Crippen molar-refractivity contribution < 1.29 is 39.1 Å². The summed E-state index contributed by atoms with van der Waals surface area (Å²) in [5, 5.41) is 33.2. The van der Waals surface area contributed by atoms with Crippen LogP contribution >= 0.6 is 0 Å². The molecule has 1 amide bonds. The SMILES string of the molecule is COc1cc(C(=O)O)cc(OC)c1C(O)C(O)CCNC(=O)OCC1c2ccccc2-c2ccccc21. The topological polar surface area (TPSA) is 135 Å². The lowest BCUT2D eigenvalue weighted by molar-refractivity contribution is 0.0110. The number of fused-ring (bicyclic) bond motifs is 3. The zero-order valence-electron chi connectivity index (χ0n) is 20.5. The second-order valence-corrected chi connectivity index (χ2v) is 8.65. The Bertz CT molecular complexity index is 1220. The van der Waals surface area contributed by atoms with Gasteiger partial charge in [-0.15, -0.1) is 0 Å². The lowest BCUT2D eigenvalue weighted by Crippen LogP contribution is -2.31. The summed E-state index contributed by atoms with van der Waals surface area (Å²) < 4.78 is 15.9. The van der Waals surface area contributed by atoms with Crippen molar-refractivity contribution in [1.29, 1.82) is 0 Å². The van der Waals surface area contributed by atoms with Crippen molar-refractivity contribution in [2.24, 2.45) is 0 Å². The molecule has 3 aromatic carbocycles. The molecular weight excluding hydrogens is 478 g/mol. The van der Waals surface area contributed by atoms with Gasteiger partial charge in [0.1, 0.15) is 24.2 Å². The average Bonchev–Trinajstić information content (AvgIpc) is 3.24. The fourth-order valence-corrected chi connectivity index (χ4v) is 4.68. The summed E-state index contributed by atoms with van der Waals surface area (Å²) >= 11 is 0. The number of carboxylic acids is 1. The maximum absolute atomic E-state index is 12.4. The third-order valence-corrected chi connectivity index (χ3v) is 6.50. The number of carbonyl (C=O) groups excluding carboxylic acids is 1. The molecule has 1 aliphatic rings. The summed E-state index contributed by atoms with van der Waals surface area (Å²) in [4.78, 5) is 23.7. The van der Waals surface area contributed by atoms with Gasteiger partial charge in [0.2, 0.25) is 0 Å². The molecule has 9 nitrogen and oxygen atoms in total. The monoisotopic (exact) mass is 507 g/mol. The molecule has 0 saturated heterocycles. The molecule has 0 bridgehead atoms. The van der Waals surface area contributed by atoms with Crippen LogP contribution in [0.4, 0.5) is 4.79 Å². The number of carboxylic acid groups (broad SMARTS) is 1. The second-order valence-electron chi connectivity index (χ2n) is 8.65. The van der Waals surface area contributed by atoms with Crippen molar-refractivity contribution in [3.63, 3.8) is 0 Å². The lowest BCUT2D eigenvalue weighted by atomic mass is 9.98. The number of nitrogens with one attached hydrogen (secondary N) is 1. The van der Waals surface area contributed by atoms with E-state index in [0.29, 0.717) is 0 Å². The van der Waals surface area contributed by atoms with E-state index in [2.05, 4.69) is 17.4 Å². The van der Waals surface area contributed by atoms with Gasteiger partial charge in [0.25, 0.3) is 0 Å². The molecule has 194 valence electrons. The number of aliphatic hydroxyl groups is 2. The Morgan fingerprint density at radius 3 is 1.97 bits per heavy atom. The van der Waals surface area contributed by atoms with Crippen molar-refractivity contribution in [2.75, 3.05) is 27.4 Å². The second kappa shape index (κ2) is 11.3. The van der Waals surface area contributed by atoms with Crippen LogP contribution in [0.3, 0.4) is 0 Å². The molecule has 0 saturated carbocycles. The quantitative estimate of drug-likeness (QED) is 0.326. The molecule has 9 heteroatoms. The highest BCUT2D eigenvalue weighted by atomic mass is 16.5. The molecule has 0 heterocycles. The minimum Gasteiger partial charge on any atom is -0.496 e. The third kappa shape index (κ3) is 5.37. The van der Waals surface area contributed by atoms with Crippen molar-refractivity contribution in [3.8, 4) is 22.6 Å². The number of amides is 1. The molecule has 0 radical (unpaired) electrons. The molecule has 0 fully saturated rings. The summed E-state index contributed by atoms with van der Waals surface area (Å²) in [5.41, 5.74) is 4.50. The van der Waals surface area contributed by atoms with Gasteiger partial charge in [-0.2, -0.15) is 0 Å². The van der Waals surface area contributed by atoms with Crippen LogP contribution in [0.15, 0.2) is 60.7 Å². The Kier molecular flexibility index (Phi) is 7.95. The Morgan fingerprint density at radius 1 is 0.919 bits per heavy atom. The Morgan fingerprint density at radius 2 is 1.46 bits per heavy atom. The highest BCUT2D eigenvalue weighted by Crippen LogP contribution is 2.44. The smallest absolute Gasteiger partial charge is 0.407 e. The van der Waals surface area contributed by atoms with Crippen LogP contribution in [0.2, 0.25) is 0 Å². The Balaban J connectivity index is 1.34. The Hall–Kier alpha value is -4.08. The predicted molar refractivity (Wildman–Crippen MR) is 135 cm³/mol. The molecule has 2 unspecified atom stereocenters. The van der Waals surface area contributed by atoms with Crippen LogP contribution in [0.25, 0.3) is 11.1 Å². The van der Waals surface area contributed by atoms with Crippen molar-refractivity contribution >= 4 is 12.1 Å². The van der Waals surface area contributed by atoms with Gasteiger partial charge < -0.3 is 34.8 Å². The van der Waals surface area contributed by atoms with Crippen LogP contribution in [-0.2, 0) is 4.74 Å². The highest BCUT2D eigenvalue weighted by Gasteiger charge is 2.30. The molecule has 2 atom stereocenters. The van der Waals surface area contributed by atoms with Crippen LogP contribution in [-0.4, -0.2) is 60.9 Å². The van der Waals surface area contributed by atoms with E-state index in [-0.39, 0.29) is 48.1 Å². The summed E-state index contributed by atoms with van der Waals surface area (Å²) in [5.74, 6) is -1.13. The van der Waals surface area contributed by atoms with Crippen molar-refractivity contribution in [1.82, 2.24) is 5.32 Å². The zero-order valence-corrected chi connectivity index (χ0v) is 20.5. The molecule has 4 N–H and O–H groups in total. The molecule has 3 aromatic rings. The largest absolute Gasteiger partial charge is 0.496 e. The highest BCUT2D eigenvalue weighted by molar-refractivity contribution is 5.89. The van der Waals surface area contributed by atoms with E-state index < -0.39 is 24.3 Å². The average molecular weight is 508 g/mol. The molecule has 4 rings (SSSR count). The summed E-state index contributed by atoms with van der Waals surface area (Å²) in [6.45, 7) is 0.197. The zero-order chi connectivity index (χ0) is 26.5. The number of rotatable bonds is 10. The van der Waals surface area contributed by atoms with Gasteiger partial charge in [-0.1, -0.05) is 48.5 Å². The maximum atomic E-state index is 12.4. The summed E-state index contributed by atoms with van der Waals surface area (Å²) in [7, 11) is 2.64. The van der Waals surface area contributed by atoms with Crippen molar-refractivity contribution in [3.05, 3.63) is 82.9 Å². The van der Waals surface area contributed by atoms with Crippen molar-refractivity contribution in [2.45, 2.75) is 24.5 Å². The fraction of sp³-hybridized carbons (Fsp3) is 0.286. The van der Waals surface area contributed by atoms with Gasteiger partial charge in [0, 0.05) is 12.5 Å². The molecule has 1 aliphatic carbocycles. The predicted octanol–water partition coefficient (Wildman–Crippen LogP) is 3.73. The van der Waals surface area contributed by atoms with Crippen LogP contribution < -0.4 is 14.8 Å². The number of hydrogen-bond acceptors (Lipinski definition) is 7. The number of methoxy groups -OCH3 is 2. The van der Waals surface area contributed by atoms with Crippen LogP contribution in [0.1, 0.15) is 45.5 Å². The molecule has 37 heavy (non-hydrogen) atoms. The van der Waals surface area contributed by atoms with Gasteiger partial charge in [-0.05, 0) is 40.8 Å². The first-order valence-electron chi connectivity index (χ1n) is 11.8. The van der Waals surface area contributed by atoms with E-state index in [1.54, 1.807) is 0 Å². The minimum absolute atomic E-state index is 0.00163. The number of carbonyl (C=O) groups is 2. The number of alkyl carbamates (subject to hydrolysis) is 1. The standard InChI is InChI=1S/C28H29NO8/c1-35-23-13-16(27(32)33)14-24(36-2)25(23)26(31)22(30)11-12-29-28(34)37-15-21-19-9-5-3-7-17(19)18-8-4-6-10-20(18)21/h3-10,13-14,21-22,26,30-31H,11-12,15H2,1-2H3,(H,29,34)(H,32,33). The van der Waals surface area contributed by atoms with E-state index in [0.717, 1.165) is 22.3 Å². The van der Waals surface area contributed by atoms with E-state index in [9.17, 15) is 24.9 Å². The number of benzene rings is 3. The molecule has 0 aliphatic heterocycles. The molecular formula is C28H29NO8. The van der Waals surface area contributed by atoms with E-state index in [1.807, 2.05) is 36.4 Å². The fourth-order valence-electron chi connectivity index (χ4n) is 4.68. The first kappa shape index (κ1) is 26.0. The van der Waals surface area contributed by atoms with Gasteiger partial charge in [-0.3, -0.25) is 0 Å². The minimum atomic E-state index is -1.45. The van der Waals surface area contributed by atoms with Gasteiger partial charge >= 0.3 is 12.1 Å². The summed E-state index contributed by atoms with van der Waals surface area (Å²) in [6, 6.07) is 18.5. The first-order valence-corrected chi connectivity index (χ1v) is 11.8. The molecule has 0 spiro atoms. The van der Waals surface area contributed by atoms with Gasteiger partial charge in [0.15, 0.2) is 0 Å². The number of ether oxygens (including phenoxy) is 3. The summed E-state index contributed by atoms with van der Waals surface area (Å²) in [6.07, 6.45) is -3.38.